The van der Waals surface area contributed by atoms with E-state index in [1.165, 1.54) is 18.2 Å². The number of halogens is 1. The number of carbonyl (C=O) groups excluding carboxylic acids is 1. The van der Waals surface area contributed by atoms with E-state index in [4.69, 9.17) is 0 Å². The van der Waals surface area contributed by atoms with E-state index in [1.807, 2.05) is 30.3 Å². The molecule has 0 unspecified atom stereocenters. The quantitative estimate of drug-likeness (QED) is 0.709. The second-order valence-electron chi connectivity index (χ2n) is 6.13. The molecule has 0 aliphatic rings. The van der Waals surface area contributed by atoms with Crippen molar-refractivity contribution in [3.05, 3.63) is 66.0 Å². The zero-order chi connectivity index (χ0) is 19.2. The zero-order valence-electron chi connectivity index (χ0n) is 14.9. The third kappa shape index (κ3) is 5.56. The fraction of sp³-hybridized carbons (Fsp3) is 0.316. The maximum Gasteiger partial charge on any atom is 0.232 e. The van der Waals surface area contributed by atoms with Gasteiger partial charge in [-0.1, -0.05) is 42.5 Å². The maximum atomic E-state index is 13.9. The highest BCUT2D eigenvalue weighted by atomic mass is 32.2. The van der Waals surface area contributed by atoms with Crippen LogP contribution in [0.4, 0.5) is 10.1 Å². The van der Waals surface area contributed by atoms with Crippen LogP contribution in [-0.2, 0) is 21.4 Å². The molecule has 0 N–H and O–H groups in total. The van der Waals surface area contributed by atoms with Gasteiger partial charge in [-0.25, -0.2) is 12.8 Å². The lowest BCUT2D eigenvalue weighted by atomic mass is 10.2. The van der Waals surface area contributed by atoms with Crippen molar-refractivity contribution in [2.45, 2.75) is 19.4 Å². The third-order valence-electron chi connectivity index (χ3n) is 3.96. The van der Waals surface area contributed by atoms with E-state index in [0.29, 0.717) is 13.0 Å². The number of para-hydroxylation sites is 1. The summed E-state index contributed by atoms with van der Waals surface area (Å²) < 4.78 is 38.9. The Balaban J connectivity index is 1.95. The molecular formula is C19H23FN2O3S. The number of anilines is 1. The van der Waals surface area contributed by atoms with E-state index in [2.05, 4.69) is 0 Å². The average Bonchev–Trinajstić information content (AvgIpc) is 2.59. The minimum Gasteiger partial charge on any atom is -0.341 e. The van der Waals surface area contributed by atoms with Gasteiger partial charge in [-0.05, 0) is 24.1 Å². The van der Waals surface area contributed by atoms with Crippen LogP contribution in [0.3, 0.4) is 0 Å². The number of benzene rings is 2. The van der Waals surface area contributed by atoms with Crippen molar-refractivity contribution >= 4 is 21.6 Å². The first kappa shape index (κ1) is 19.9. The molecule has 2 aromatic carbocycles. The lowest BCUT2D eigenvalue weighted by molar-refractivity contribution is -0.130. The van der Waals surface area contributed by atoms with Crippen LogP contribution in [0.1, 0.15) is 18.4 Å². The number of amides is 1. The zero-order valence-corrected chi connectivity index (χ0v) is 15.7. The van der Waals surface area contributed by atoms with Gasteiger partial charge in [0.1, 0.15) is 5.82 Å². The minimum absolute atomic E-state index is 0.0000825. The summed E-state index contributed by atoms with van der Waals surface area (Å²) in [6.45, 7) is 0.535. The minimum atomic E-state index is -3.64. The molecule has 0 aromatic heterocycles. The van der Waals surface area contributed by atoms with Gasteiger partial charge in [-0.2, -0.15) is 0 Å². The van der Waals surface area contributed by atoms with Gasteiger partial charge >= 0.3 is 0 Å². The first-order valence-corrected chi connectivity index (χ1v) is 10.1. The summed E-state index contributed by atoms with van der Waals surface area (Å²) in [6, 6.07) is 15.3. The average molecular weight is 378 g/mol. The van der Waals surface area contributed by atoms with Crippen LogP contribution in [0.2, 0.25) is 0 Å². The Morgan fingerprint density at radius 1 is 1.04 bits per heavy atom. The molecule has 0 atom stereocenters. The number of carbonyl (C=O) groups is 1. The number of hydrogen-bond acceptors (Lipinski definition) is 3. The van der Waals surface area contributed by atoms with Gasteiger partial charge in [0.15, 0.2) is 0 Å². The highest BCUT2D eigenvalue weighted by Gasteiger charge is 2.21. The van der Waals surface area contributed by atoms with Crippen LogP contribution in [0.5, 0.6) is 0 Å². The van der Waals surface area contributed by atoms with Crippen molar-refractivity contribution in [3.8, 4) is 0 Å². The molecule has 0 saturated heterocycles. The molecule has 0 fully saturated rings. The lowest BCUT2D eigenvalue weighted by Crippen LogP contribution is -2.33. The molecule has 0 spiro atoms. The lowest BCUT2D eigenvalue weighted by Gasteiger charge is -2.23. The molecule has 1 amide bonds. The number of nitrogens with zero attached hydrogens (tertiary/aromatic N) is 2. The summed E-state index contributed by atoms with van der Waals surface area (Å²) in [5.41, 5.74) is 1.02. The van der Waals surface area contributed by atoms with E-state index in [-0.39, 0.29) is 24.6 Å². The van der Waals surface area contributed by atoms with Gasteiger partial charge in [0, 0.05) is 26.6 Å². The Kier molecular flexibility index (Phi) is 6.74. The molecule has 0 heterocycles. The first-order chi connectivity index (χ1) is 12.3. The summed E-state index contributed by atoms with van der Waals surface area (Å²) >= 11 is 0. The predicted octanol–water partition coefficient (Wildman–Crippen LogP) is 3.03. The second-order valence-corrected chi connectivity index (χ2v) is 8.03. The van der Waals surface area contributed by atoms with Crippen molar-refractivity contribution in [2.24, 2.45) is 0 Å². The summed E-state index contributed by atoms with van der Waals surface area (Å²) in [6.07, 6.45) is 1.52. The Morgan fingerprint density at radius 2 is 1.65 bits per heavy atom. The van der Waals surface area contributed by atoms with E-state index in [9.17, 15) is 17.6 Å². The van der Waals surface area contributed by atoms with Gasteiger partial charge in [-0.15, -0.1) is 0 Å². The van der Waals surface area contributed by atoms with E-state index < -0.39 is 15.8 Å². The molecular weight excluding hydrogens is 355 g/mol. The molecule has 26 heavy (non-hydrogen) atoms. The number of rotatable bonds is 8. The summed E-state index contributed by atoms with van der Waals surface area (Å²) in [5.74, 6) is -0.693. The smallest absolute Gasteiger partial charge is 0.232 e. The van der Waals surface area contributed by atoms with Gasteiger partial charge < -0.3 is 4.90 Å². The third-order valence-corrected chi connectivity index (χ3v) is 5.14. The molecule has 2 aromatic rings. The van der Waals surface area contributed by atoms with Gasteiger partial charge in [-0.3, -0.25) is 9.10 Å². The second kappa shape index (κ2) is 8.80. The Hall–Kier alpha value is -2.41. The van der Waals surface area contributed by atoms with Gasteiger partial charge in [0.25, 0.3) is 0 Å². The molecule has 7 heteroatoms. The fourth-order valence-corrected chi connectivity index (χ4v) is 3.60. The Bertz CT molecular complexity index is 841. The molecule has 0 bridgehead atoms. The predicted molar refractivity (Wildman–Crippen MR) is 101 cm³/mol. The first-order valence-electron chi connectivity index (χ1n) is 8.29. The highest BCUT2D eigenvalue weighted by molar-refractivity contribution is 7.92. The maximum absolute atomic E-state index is 13.9. The van der Waals surface area contributed by atoms with Crippen LogP contribution < -0.4 is 4.31 Å². The molecule has 2 rings (SSSR count). The van der Waals surface area contributed by atoms with Gasteiger partial charge in [0.05, 0.1) is 11.9 Å². The van der Waals surface area contributed by atoms with Crippen molar-refractivity contribution in [2.75, 3.05) is 24.2 Å². The van der Waals surface area contributed by atoms with Crippen LogP contribution in [0, 0.1) is 5.82 Å². The Labute approximate surface area is 154 Å². The molecule has 0 saturated carbocycles. The van der Waals surface area contributed by atoms with Crippen molar-refractivity contribution in [3.63, 3.8) is 0 Å². The van der Waals surface area contributed by atoms with Crippen LogP contribution in [0.15, 0.2) is 54.6 Å². The van der Waals surface area contributed by atoms with Crippen LogP contribution in [-0.4, -0.2) is 39.1 Å². The molecule has 140 valence electrons. The van der Waals surface area contributed by atoms with E-state index in [0.717, 1.165) is 16.1 Å². The number of sulfonamides is 1. The Morgan fingerprint density at radius 3 is 2.27 bits per heavy atom. The highest BCUT2D eigenvalue weighted by Crippen LogP contribution is 2.22. The summed E-state index contributed by atoms with van der Waals surface area (Å²) in [7, 11) is -1.93. The SMILES string of the molecule is CN(Cc1ccccc1)C(=O)CCCN(c1ccccc1F)S(C)(=O)=O. The normalized spacial score (nSPS) is 11.2. The van der Waals surface area contributed by atoms with Crippen molar-refractivity contribution in [1.82, 2.24) is 4.90 Å². The van der Waals surface area contributed by atoms with Crippen molar-refractivity contribution < 1.29 is 17.6 Å². The molecule has 0 aliphatic carbocycles. The summed E-state index contributed by atoms with van der Waals surface area (Å²) in [5, 5.41) is 0. The van der Waals surface area contributed by atoms with Gasteiger partial charge in [0.2, 0.25) is 15.9 Å². The fourth-order valence-electron chi connectivity index (χ4n) is 2.63. The topological polar surface area (TPSA) is 57.7 Å². The van der Waals surface area contributed by atoms with Crippen LogP contribution >= 0.6 is 0 Å². The summed E-state index contributed by atoms with van der Waals surface area (Å²) in [4.78, 5) is 13.9. The van der Waals surface area contributed by atoms with Crippen LogP contribution in [0.25, 0.3) is 0 Å². The number of hydrogen-bond donors (Lipinski definition) is 0. The van der Waals surface area contributed by atoms with E-state index in [1.54, 1.807) is 18.0 Å². The van der Waals surface area contributed by atoms with E-state index >= 15 is 0 Å². The molecule has 0 aliphatic heterocycles. The molecule has 0 radical (unpaired) electrons. The largest absolute Gasteiger partial charge is 0.341 e. The standard InChI is InChI=1S/C19H23FN2O3S/c1-21(15-16-9-4-3-5-10-16)19(23)13-8-14-22(26(2,24)25)18-12-7-6-11-17(18)20/h3-7,9-12H,8,13-15H2,1-2H3. The van der Waals surface area contributed by atoms with Crippen molar-refractivity contribution in [1.29, 1.82) is 0 Å². The monoisotopic (exact) mass is 378 g/mol. The molecule has 5 nitrogen and oxygen atoms in total.